The van der Waals surface area contributed by atoms with E-state index in [1.54, 1.807) is 16.8 Å². The van der Waals surface area contributed by atoms with Crippen LogP contribution in [0.1, 0.15) is 0 Å². The fourth-order valence-electron chi connectivity index (χ4n) is 2.20. The third-order valence-corrected chi connectivity index (χ3v) is 4.35. The van der Waals surface area contributed by atoms with E-state index in [-0.39, 0.29) is 0 Å². The van der Waals surface area contributed by atoms with E-state index in [1.165, 1.54) is 0 Å². The molecule has 0 saturated carbocycles. The van der Waals surface area contributed by atoms with Crippen LogP contribution in [0.3, 0.4) is 0 Å². The van der Waals surface area contributed by atoms with E-state index < -0.39 is 0 Å². The Hall–Kier alpha value is -1.77. The Balaban J connectivity index is 2.16. The molecule has 0 fully saturated rings. The van der Waals surface area contributed by atoms with Crippen molar-refractivity contribution < 1.29 is 0 Å². The van der Waals surface area contributed by atoms with Gasteiger partial charge in [-0.15, -0.1) is 0 Å². The Labute approximate surface area is 136 Å². The molecule has 0 aliphatic heterocycles. The first-order chi connectivity index (χ1) is 10.1. The molecule has 6 nitrogen and oxygen atoms in total. The van der Waals surface area contributed by atoms with Gasteiger partial charge < -0.3 is 5.73 Å². The van der Waals surface area contributed by atoms with Gasteiger partial charge in [0.1, 0.15) is 16.6 Å². The van der Waals surface area contributed by atoms with Crippen molar-refractivity contribution in [1.29, 1.82) is 0 Å². The van der Waals surface area contributed by atoms with Gasteiger partial charge in [-0.1, -0.05) is 11.6 Å². The van der Waals surface area contributed by atoms with Gasteiger partial charge in [-0.25, -0.2) is 9.97 Å². The molecular formula is C12H6BrClN6S. The maximum atomic E-state index is 6.35. The lowest BCUT2D eigenvalue weighted by atomic mass is 10.2. The van der Waals surface area contributed by atoms with Crippen LogP contribution in [0.5, 0.6) is 0 Å². The van der Waals surface area contributed by atoms with Crippen molar-refractivity contribution in [1.82, 2.24) is 23.3 Å². The topological polar surface area (TPSA) is 82.5 Å². The number of anilines is 1. The third kappa shape index (κ3) is 1.90. The van der Waals surface area contributed by atoms with E-state index in [0.29, 0.717) is 33.3 Å². The number of hydrogen-bond acceptors (Lipinski definition) is 6. The highest BCUT2D eigenvalue weighted by Crippen LogP contribution is 2.33. The highest BCUT2D eigenvalue weighted by Gasteiger charge is 2.18. The summed E-state index contributed by atoms with van der Waals surface area (Å²) in [6.07, 6.45) is 1.69. The second-order valence-electron chi connectivity index (χ2n) is 4.33. The highest BCUT2D eigenvalue weighted by atomic mass is 79.9. The molecule has 0 aliphatic rings. The number of hydrogen-bond donors (Lipinski definition) is 1. The molecule has 0 bridgehead atoms. The van der Waals surface area contributed by atoms with Gasteiger partial charge in [-0.3, -0.25) is 4.57 Å². The molecule has 104 valence electrons. The van der Waals surface area contributed by atoms with Crippen molar-refractivity contribution in [3.63, 3.8) is 0 Å². The van der Waals surface area contributed by atoms with Crippen LogP contribution in [-0.4, -0.2) is 23.3 Å². The van der Waals surface area contributed by atoms with E-state index in [0.717, 1.165) is 21.7 Å². The molecule has 0 atom stereocenters. The molecule has 4 rings (SSSR count). The number of pyridine rings is 1. The summed E-state index contributed by atoms with van der Waals surface area (Å²) >= 11 is 10.8. The zero-order valence-electron chi connectivity index (χ0n) is 10.3. The first-order valence-electron chi connectivity index (χ1n) is 5.86. The molecule has 0 spiro atoms. The molecule has 0 radical (unpaired) electrons. The average Bonchev–Trinajstić information content (AvgIpc) is 3.02. The number of imidazole rings is 1. The number of benzene rings is 1. The van der Waals surface area contributed by atoms with Crippen molar-refractivity contribution in [3.8, 4) is 5.69 Å². The number of halogens is 2. The van der Waals surface area contributed by atoms with Crippen LogP contribution in [0.4, 0.5) is 5.95 Å². The number of aromatic nitrogens is 5. The third-order valence-electron chi connectivity index (χ3n) is 3.07. The SMILES string of the molecule is Nc1nc2cc(Br)cnc2n1-c1c(Cl)ccc2nsnc12. The number of nitrogens with zero attached hydrogens (tertiary/aromatic N) is 5. The number of nitrogens with two attached hydrogens (primary N) is 1. The van der Waals surface area contributed by atoms with Gasteiger partial charge in [0.2, 0.25) is 5.95 Å². The summed E-state index contributed by atoms with van der Waals surface area (Å²) in [6.45, 7) is 0. The van der Waals surface area contributed by atoms with Gasteiger partial charge in [-0.05, 0) is 34.1 Å². The molecule has 0 aliphatic carbocycles. The molecule has 4 aromatic rings. The normalized spacial score (nSPS) is 11.5. The minimum Gasteiger partial charge on any atom is -0.369 e. The molecule has 3 aromatic heterocycles. The molecule has 3 heterocycles. The first kappa shape index (κ1) is 12.9. The molecule has 1 aromatic carbocycles. The fraction of sp³-hybridized carbons (Fsp3) is 0. The van der Waals surface area contributed by atoms with E-state index in [4.69, 9.17) is 17.3 Å². The number of nitrogen functional groups attached to an aromatic ring is 1. The predicted octanol–water partition coefficient (Wildman–Crippen LogP) is 3.42. The molecule has 2 N–H and O–H groups in total. The lowest BCUT2D eigenvalue weighted by Gasteiger charge is -2.08. The summed E-state index contributed by atoms with van der Waals surface area (Å²) in [5, 5.41) is 0.519. The number of rotatable bonds is 1. The van der Waals surface area contributed by atoms with Crippen LogP contribution < -0.4 is 5.73 Å². The molecular weight excluding hydrogens is 376 g/mol. The Bertz CT molecular complexity index is 994. The van der Waals surface area contributed by atoms with Gasteiger partial charge in [0.05, 0.1) is 22.4 Å². The molecule has 0 amide bonds. The Morgan fingerprint density at radius 1 is 1.24 bits per heavy atom. The molecule has 0 unspecified atom stereocenters. The van der Waals surface area contributed by atoms with Crippen LogP contribution in [0.25, 0.3) is 27.9 Å². The second-order valence-corrected chi connectivity index (χ2v) is 6.18. The monoisotopic (exact) mass is 380 g/mol. The van der Waals surface area contributed by atoms with Crippen molar-refractivity contribution >= 4 is 67.4 Å². The van der Waals surface area contributed by atoms with E-state index in [1.807, 2.05) is 12.1 Å². The van der Waals surface area contributed by atoms with E-state index >= 15 is 0 Å². The van der Waals surface area contributed by atoms with Gasteiger partial charge >= 0.3 is 0 Å². The standard InChI is InChI=1S/C12H6BrClN6S/c13-5-3-8-11(16-4-5)20(12(15)17-8)10-6(14)1-2-7-9(10)19-21-18-7/h1-4H,(H2,15,17). The first-order valence-corrected chi connectivity index (χ1v) is 7.76. The molecule has 0 saturated heterocycles. The van der Waals surface area contributed by atoms with Crippen molar-refractivity contribution in [2.24, 2.45) is 0 Å². The lowest BCUT2D eigenvalue weighted by molar-refractivity contribution is 1.09. The zero-order chi connectivity index (χ0) is 14.6. The quantitative estimate of drug-likeness (QED) is 0.546. The predicted molar refractivity (Wildman–Crippen MR) is 87.0 cm³/mol. The van der Waals surface area contributed by atoms with Crippen LogP contribution in [-0.2, 0) is 0 Å². The Morgan fingerprint density at radius 3 is 2.95 bits per heavy atom. The van der Waals surface area contributed by atoms with Crippen LogP contribution in [0, 0.1) is 0 Å². The van der Waals surface area contributed by atoms with Gasteiger partial charge in [-0.2, -0.15) is 8.75 Å². The zero-order valence-corrected chi connectivity index (χ0v) is 13.4. The van der Waals surface area contributed by atoms with Crippen LogP contribution >= 0.6 is 39.3 Å². The summed E-state index contributed by atoms with van der Waals surface area (Å²) in [7, 11) is 0. The fourth-order valence-corrected chi connectivity index (χ4v) is 3.30. The van der Waals surface area contributed by atoms with Crippen LogP contribution in [0.15, 0.2) is 28.9 Å². The maximum absolute atomic E-state index is 6.35. The molecule has 21 heavy (non-hydrogen) atoms. The average molecular weight is 382 g/mol. The summed E-state index contributed by atoms with van der Waals surface area (Å²) in [4.78, 5) is 8.71. The highest BCUT2D eigenvalue weighted by molar-refractivity contribution is 9.10. The van der Waals surface area contributed by atoms with Crippen molar-refractivity contribution in [2.75, 3.05) is 5.73 Å². The minimum absolute atomic E-state index is 0.304. The summed E-state index contributed by atoms with van der Waals surface area (Å²) in [5.41, 5.74) is 9.46. The Kier molecular flexibility index (Phi) is 2.84. The van der Waals surface area contributed by atoms with Crippen LogP contribution in [0.2, 0.25) is 5.02 Å². The van der Waals surface area contributed by atoms with E-state index in [2.05, 4.69) is 34.6 Å². The Morgan fingerprint density at radius 2 is 2.10 bits per heavy atom. The number of fused-ring (bicyclic) bond motifs is 2. The van der Waals surface area contributed by atoms with Crippen molar-refractivity contribution in [2.45, 2.75) is 0 Å². The van der Waals surface area contributed by atoms with Gasteiger partial charge in [0.15, 0.2) is 5.65 Å². The molecule has 9 heteroatoms. The maximum Gasteiger partial charge on any atom is 0.207 e. The second kappa shape index (κ2) is 4.62. The summed E-state index contributed by atoms with van der Waals surface area (Å²) < 4.78 is 11.1. The van der Waals surface area contributed by atoms with Crippen molar-refractivity contribution in [3.05, 3.63) is 33.9 Å². The summed E-state index contributed by atoms with van der Waals surface area (Å²) in [6, 6.07) is 5.44. The largest absolute Gasteiger partial charge is 0.369 e. The van der Waals surface area contributed by atoms with Gasteiger partial charge in [0.25, 0.3) is 0 Å². The lowest BCUT2D eigenvalue weighted by Crippen LogP contribution is -2.03. The van der Waals surface area contributed by atoms with Gasteiger partial charge in [0, 0.05) is 10.7 Å². The minimum atomic E-state index is 0.304. The van der Waals surface area contributed by atoms with E-state index in [9.17, 15) is 0 Å². The smallest absolute Gasteiger partial charge is 0.207 e. The summed E-state index contributed by atoms with van der Waals surface area (Å²) in [5.74, 6) is 0.304.